The molecule has 2 atom stereocenters. The molecule has 20 heavy (non-hydrogen) atoms. The number of rotatable bonds is 4. The van der Waals surface area contributed by atoms with Crippen LogP contribution in [0.5, 0.6) is 0 Å². The van der Waals surface area contributed by atoms with Gasteiger partial charge in [0.15, 0.2) is 0 Å². The Morgan fingerprint density at radius 1 is 1.35 bits per heavy atom. The van der Waals surface area contributed by atoms with Crippen molar-refractivity contribution in [2.45, 2.75) is 45.6 Å². The Bertz CT molecular complexity index is 356. The summed E-state index contributed by atoms with van der Waals surface area (Å²) in [5, 5.41) is 2.91. The van der Waals surface area contributed by atoms with Crippen LogP contribution in [-0.2, 0) is 9.59 Å². The molecule has 0 aliphatic carbocycles. The van der Waals surface area contributed by atoms with Gasteiger partial charge in [-0.15, -0.1) is 0 Å². The van der Waals surface area contributed by atoms with Crippen LogP contribution in [0.2, 0.25) is 0 Å². The second-order valence-corrected chi connectivity index (χ2v) is 7.25. The molecule has 0 aromatic carbocycles. The minimum atomic E-state index is -0.326. The molecule has 5 heteroatoms. The lowest BCUT2D eigenvalue weighted by Gasteiger charge is -2.31. The summed E-state index contributed by atoms with van der Waals surface area (Å²) < 4.78 is 0. The van der Waals surface area contributed by atoms with Gasteiger partial charge in [0.25, 0.3) is 0 Å². The van der Waals surface area contributed by atoms with Crippen molar-refractivity contribution in [3.63, 3.8) is 0 Å². The number of hydrogen-bond acceptors (Lipinski definition) is 3. The Morgan fingerprint density at radius 2 is 2.05 bits per heavy atom. The number of nitrogens with zero attached hydrogens (tertiary/aromatic N) is 1. The Hall–Kier alpha value is -0.710. The zero-order valence-corrected chi connectivity index (χ0v) is 13.4. The number of amides is 2. The Labute approximate surface area is 126 Å². The van der Waals surface area contributed by atoms with Gasteiger partial charge in [-0.3, -0.25) is 9.59 Å². The molecule has 2 rings (SSSR count). The van der Waals surface area contributed by atoms with Gasteiger partial charge in [0.05, 0.1) is 0 Å². The minimum absolute atomic E-state index is 0.0188. The van der Waals surface area contributed by atoms with Crippen LogP contribution in [0.25, 0.3) is 0 Å². The summed E-state index contributed by atoms with van der Waals surface area (Å²) in [7, 11) is 0. The number of hydrogen-bond donors (Lipinski definition) is 1. The summed E-state index contributed by atoms with van der Waals surface area (Å²) >= 11 is 2.01. The molecule has 2 aliphatic heterocycles. The molecule has 0 radical (unpaired) electrons. The molecule has 2 saturated heterocycles. The quantitative estimate of drug-likeness (QED) is 0.862. The minimum Gasteiger partial charge on any atom is -0.344 e. The molecule has 0 bridgehead atoms. The normalized spacial score (nSPS) is 27.1. The van der Waals surface area contributed by atoms with Crippen molar-refractivity contribution in [2.24, 2.45) is 11.8 Å². The molecule has 2 aliphatic rings. The highest BCUT2D eigenvalue weighted by Gasteiger charge is 2.33. The maximum atomic E-state index is 12.7. The Kier molecular flexibility index (Phi) is 5.75. The van der Waals surface area contributed by atoms with Crippen molar-refractivity contribution in [3.05, 3.63) is 0 Å². The summed E-state index contributed by atoms with van der Waals surface area (Å²) in [5.41, 5.74) is 0. The molecule has 4 nitrogen and oxygen atoms in total. The third-order valence-electron chi connectivity index (χ3n) is 4.54. The summed E-state index contributed by atoms with van der Waals surface area (Å²) in [4.78, 5) is 26.4. The molecule has 0 aromatic heterocycles. The summed E-state index contributed by atoms with van der Waals surface area (Å²) in [6.45, 7) is 5.53. The fourth-order valence-electron chi connectivity index (χ4n) is 2.89. The predicted octanol–water partition coefficient (Wildman–Crippen LogP) is 1.89. The molecule has 114 valence electrons. The smallest absolute Gasteiger partial charge is 0.245 e. The van der Waals surface area contributed by atoms with Crippen LogP contribution in [-0.4, -0.2) is 47.4 Å². The highest BCUT2D eigenvalue weighted by Crippen LogP contribution is 2.24. The van der Waals surface area contributed by atoms with E-state index in [1.54, 1.807) is 0 Å². The van der Waals surface area contributed by atoms with Gasteiger partial charge in [0.2, 0.25) is 11.8 Å². The van der Waals surface area contributed by atoms with Crippen LogP contribution in [0.15, 0.2) is 0 Å². The number of carbonyl (C=O) groups excluding carboxylic acids is 2. The van der Waals surface area contributed by atoms with E-state index in [9.17, 15) is 9.59 Å². The van der Waals surface area contributed by atoms with Gasteiger partial charge < -0.3 is 10.2 Å². The first-order valence-electron chi connectivity index (χ1n) is 7.77. The molecule has 2 unspecified atom stereocenters. The third kappa shape index (κ3) is 3.90. The maximum absolute atomic E-state index is 12.7. The van der Waals surface area contributed by atoms with Crippen molar-refractivity contribution in [2.75, 3.05) is 24.6 Å². The fourth-order valence-corrected chi connectivity index (χ4v) is 4.10. The van der Waals surface area contributed by atoms with Crippen LogP contribution in [0.3, 0.4) is 0 Å². The highest BCUT2D eigenvalue weighted by molar-refractivity contribution is 7.99. The Balaban J connectivity index is 2.02. The van der Waals surface area contributed by atoms with Gasteiger partial charge in [-0.2, -0.15) is 11.8 Å². The second-order valence-electron chi connectivity index (χ2n) is 6.02. The van der Waals surface area contributed by atoms with Crippen LogP contribution in [0, 0.1) is 11.8 Å². The van der Waals surface area contributed by atoms with E-state index >= 15 is 0 Å². The van der Waals surface area contributed by atoms with E-state index in [1.807, 2.05) is 23.6 Å². The zero-order chi connectivity index (χ0) is 14.5. The van der Waals surface area contributed by atoms with Gasteiger partial charge in [0.1, 0.15) is 6.04 Å². The van der Waals surface area contributed by atoms with Gasteiger partial charge in [-0.25, -0.2) is 0 Å². The van der Waals surface area contributed by atoms with E-state index in [0.717, 1.165) is 13.0 Å². The van der Waals surface area contributed by atoms with E-state index in [-0.39, 0.29) is 23.8 Å². The fraction of sp³-hybridized carbons (Fsp3) is 0.867. The van der Waals surface area contributed by atoms with Crippen LogP contribution < -0.4 is 5.32 Å². The molecular formula is C15H26N2O2S. The standard InChI is InChI=1S/C15H26N2O2S/c1-3-11(2)14-15(19)17(7-4-13(18)16-14)10-12-5-8-20-9-6-12/h11-12,14H,3-10H2,1-2H3,(H,16,18). The van der Waals surface area contributed by atoms with Gasteiger partial charge in [-0.1, -0.05) is 20.3 Å². The van der Waals surface area contributed by atoms with E-state index in [1.165, 1.54) is 24.3 Å². The van der Waals surface area contributed by atoms with Crippen molar-refractivity contribution in [1.29, 1.82) is 0 Å². The molecule has 1 N–H and O–H groups in total. The lowest BCUT2D eigenvalue weighted by atomic mass is 9.97. The van der Waals surface area contributed by atoms with Crippen LogP contribution >= 0.6 is 11.8 Å². The lowest BCUT2D eigenvalue weighted by molar-refractivity contribution is -0.135. The van der Waals surface area contributed by atoms with Gasteiger partial charge in [0, 0.05) is 19.5 Å². The van der Waals surface area contributed by atoms with Gasteiger partial charge >= 0.3 is 0 Å². The zero-order valence-electron chi connectivity index (χ0n) is 12.6. The molecular weight excluding hydrogens is 272 g/mol. The Morgan fingerprint density at radius 3 is 2.70 bits per heavy atom. The molecule has 0 spiro atoms. The van der Waals surface area contributed by atoms with E-state index in [0.29, 0.717) is 18.9 Å². The molecule has 2 heterocycles. The van der Waals surface area contributed by atoms with Gasteiger partial charge in [-0.05, 0) is 36.2 Å². The average Bonchev–Trinajstić information content (AvgIpc) is 2.61. The molecule has 0 aromatic rings. The van der Waals surface area contributed by atoms with Crippen molar-refractivity contribution < 1.29 is 9.59 Å². The van der Waals surface area contributed by atoms with E-state index in [4.69, 9.17) is 0 Å². The predicted molar refractivity (Wildman–Crippen MR) is 82.6 cm³/mol. The summed E-state index contributed by atoms with van der Waals surface area (Å²) in [6, 6.07) is -0.326. The van der Waals surface area contributed by atoms with Crippen LogP contribution in [0.4, 0.5) is 0 Å². The number of nitrogens with one attached hydrogen (secondary N) is 1. The second kappa shape index (κ2) is 7.34. The SMILES string of the molecule is CCC(C)C1NC(=O)CCN(CC2CCSCC2)C1=O. The monoisotopic (exact) mass is 298 g/mol. The van der Waals surface area contributed by atoms with Crippen molar-refractivity contribution in [3.8, 4) is 0 Å². The first-order valence-corrected chi connectivity index (χ1v) is 8.93. The summed E-state index contributed by atoms with van der Waals surface area (Å²) in [6.07, 6.45) is 3.75. The molecule has 0 saturated carbocycles. The highest BCUT2D eigenvalue weighted by atomic mass is 32.2. The average molecular weight is 298 g/mol. The number of carbonyl (C=O) groups is 2. The van der Waals surface area contributed by atoms with E-state index in [2.05, 4.69) is 12.2 Å². The maximum Gasteiger partial charge on any atom is 0.245 e. The first kappa shape index (κ1) is 15.7. The first-order chi connectivity index (χ1) is 9.61. The summed E-state index contributed by atoms with van der Waals surface area (Å²) in [5.74, 6) is 3.38. The third-order valence-corrected chi connectivity index (χ3v) is 5.58. The topological polar surface area (TPSA) is 49.4 Å². The van der Waals surface area contributed by atoms with E-state index < -0.39 is 0 Å². The molecule has 2 amide bonds. The van der Waals surface area contributed by atoms with Crippen molar-refractivity contribution in [1.82, 2.24) is 10.2 Å². The number of thioether (sulfide) groups is 1. The van der Waals surface area contributed by atoms with Crippen LogP contribution in [0.1, 0.15) is 39.5 Å². The van der Waals surface area contributed by atoms with Crippen molar-refractivity contribution >= 4 is 23.6 Å². The molecule has 2 fully saturated rings. The lowest BCUT2D eigenvalue weighted by Crippen LogP contribution is -2.49. The largest absolute Gasteiger partial charge is 0.344 e.